The number of methoxy groups -OCH3 is 1. The Morgan fingerprint density at radius 1 is 1.53 bits per heavy atom. The van der Waals surface area contributed by atoms with Crippen molar-refractivity contribution in [2.24, 2.45) is 11.8 Å². The van der Waals surface area contributed by atoms with Crippen LogP contribution in [0.4, 0.5) is 0 Å². The first-order valence-electron chi connectivity index (χ1n) is 6.60. The van der Waals surface area contributed by atoms with Crippen LogP contribution in [0, 0.1) is 11.8 Å². The largest absolute Gasteiger partial charge is 0.391 e. The number of amides is 1. The van der Waals surface area contributed by atoms with Crippen molar-refractivity contribution in [3.05, 3.63) is 0 Å². The first kappa shape index (κ1) is 12.8. The third kappa shape index (κ3) is 2.63. The van der Waals surface area contributed by atoms with Gasteiger partial charge in [-0.1, -0.05) is 6.42 Å². The van der Waals surface area contributed by atoms with E-state index in [-0.39, 0.29) is 18.6 Å². The molecule has 1 N–H and O–H groups in total. The summed E-state index contributed by atoms with van der Waals surface area (Å²) in [5, 5.41) is 9.94. The van der Waals surface area contributed by atoms with E-state index in [0.717, 1.165) is 13.0 Å². The van der Waals surface area contributed by atoms with Crippen molar-refractivity contribution in [2.75, 3.05) is 20.3 Å². The van der Waals surface area contributed by atoms with E-state index < -0.39 is 6.10 Å². The van der Waals surface area contributed by atoms with Crippen molar-refractivity contribution < 1.29 is 14.6 Å². The van der Waals surface area contributed by atoms with Gasteiger partial charge in [0.1, 0.15) is 6.61 Å². The van der Waals surface area contributed by atoms with Gasteiger partial charge < -0.3 is 14.7 Å². The molecule has 1 amide bonds. The summed E-state index contributed by atoms with van der Waals surface area (Å²) in [5.74, 6) is 1.13. The number of carbonyl (C=O) groups excluding carboxylic acids is 1. The van der Waals surface area contributed by atoms with Gasteiger partial charge in [-0.05, 0) is 38.0 Å². The lowest BCUT2D eigenvalue weighted by atomic mass is 9.72. The molecule has 1 saturated carbocycles. The number of ether oxygens (including phenoxy) is 1. The molecule has 2 fully saturated rings. The summed E-state index contributed by atoms with van der Waals surface area (Å²) in [4.78, 5) is 13.9. The molecule has 98 valence electrons. The smallest absolute Gasteiger partial charge is 0.248 e. The second-order valence-electron chi connectivity index (χ2n) is 5.50. The van der Waals surface area contributed by atoms with Crippen LogP contribution < -0.4 is 0 Å². The monoisotopic (exact) mass is 241 g/mol. The van der Waals surface area contributed by atoms with Gasteiger partial charge in [0.2, 0.25) is 5.91 Å². The Labute approximate surface area is 103 Å². The number of rotatable bonds is 3. The van der Waals surface area contributed by atoms with Gasteiger partial charge in [-0.3, -0.25) is 4.79 Å². The van der Waals surface area contributed by atoms with Gasteiger partial charge in [-0.15, -0.1) is 0 Å². The topological polar surface area (TPSA) is 49.8 Å². The molecule has 0 aromatic heterocycles. The molecule has 4 nitrogen and oxygen atoms in total. The highest BCUT2D eigenvalue weighted by molar-refractivity contribution is 5.78. The zero-order valence-corrected chi connectivity index (χ0v) is 10.8. The van der Waals surface area contributed by atoms with Crippen molar-refractivity contribution in [1.29, 1.82) is 0 Å². The number of carbonyl (C=O) groups is 1. The quantitative estimate of drug-likeness (QED) is 0.803. The third-order valence-corrected chi connectivity index (χ3v) is 4.20. The lowest BCUT2D eigenvalue weighted by Gasteiger charge is -2.48. The van der Waals surface area contributed by atoms with Crippen LogP contribution in [0.3, 0.4) is 0 Å². The first-order valence-corrected chi connectivity index (χ1v) is 6.60. The summed E-state index contributed by atoms with van der Waals surface area (Å²) in [6.45, 7) is 2.73. The van der Waals surface area contributed by atoms with Crippen LogP contribution in [-0.2, 0) is 9.53 Å². The molecule has 2 rings (SSSR count). The highest BCUT2D eigenvalue weighted by Crippen LogP contribution is 2.39. The maximum absolute atomic E-state index is 12.0. The molecule has 1 heterocycles. The van der Waals surface area contributed by atoms with E-state index in [4.69, 9.17) is 4.74 Å². The first-order chi connectivity index (χ1) is 8.13. The number of aliphatic hydroxyl groups is 1. The average molecular weight is 241 g/mol. The minimum absolute atomic E-state index is 0.00537. The fourth-order valence-electron chi connectivity index (χ4n) is 3.59. The van der Waals surface area contributed by atoms with Gasteiger partial charge in [-0.25, -0.2) is 0 Å². The molecule has 0 aromatic rings. The third-order valence-electron chi connectivity index (χ3n) is 4.20. The lowest BCUT2D eigenvalue weighted by molar-refractivity contribution is -0.148. The van der Waals surface area contributed by atoms with E-state index in [1.54, 1.807) is 14.0 Å². The zero-order chi connectivity index (χ0) is 12.4. The lowest BCUT2D eigenvalue weighted by Crippen LogP contribution is -2.57. The van der Waals surface area contributed by atoms with Crippen molar-refractivity contribution in [1.82, 2.24) is 4.90 Å². The summed E-state index contributed by atoms with van der Waals surface area (Å²) < 4.78 is 4.93. The van der Waals surface area contributed by atoms with Crippen LogP contribution in [0.2, 0.25) is 0 Å². The van der Waals surface area contributed by atoms with E-state index in [1.807, 2.05) is 4.90 Å². The second kappa shape index (κ2) is 5.36. The molecular formula is C13H23NO3. The number of hydrogen-bond donors (Lipinski definition) is 1. The van der Waals surface area contributed by atoms with Crippen LogP contribution in [0.5, 0.6) is 0 Å². The molecular weight excluding hydrogens is 218 g/mol. The van der Waals surface area contributed by atoms with Gasteiger partial charge in [0.25, 0.3) is 0 Å². The van der Waals surface area contributed by atoms with Gasteiger partial charge in [-0.2, -0.15) is 0 Å². The van der Waals surface area contributed by atoms with E-state index in [0.29, 0.717) is 11.8 Å². The Morgan fingerprint density at radius 3 is 2.94 bits per heavy atom. The Balaban J connectivity index is 2.13. The molecule has 2 bridgehead atoms. The van der Waals surface area contributed by atoms with Crippen LogP contribution in [0.25, 0.3) is 0 Å². The molecule has 1 aliphatic heterocycles. The molecule has 1 aliphatic carbocycles. The maximum atomic E-state index is 12.0. The molecule has 4 heteroatoms. The fraction of sp³-hybridized carbons (Fsp3) is 0.923. The summed E-state index contributed by atoms with van der Waals surface area (Å²) in [6, 6.07) is -0.00537. The summed E-state index contributed by atoms with van der Waals surface area (Å²) in [5.41, 5.74) is 0. The van der Waals surface area contributed by atoms with Crippen molar-refractivity contribution in [2.45, 2.75) is 44.8 Å². The maximum Gasteiger partial charge on any atom is 0.248 e. The molecule has 0 spiro atoms. The van der Waals surface area contributed by atoms with E-state index in [2.05, 4.69) is 0 Å². The fourth-order valence-corrected chi connectivity index (χ4v) is 3.59. The minimum atomic E-state index is -0.445. The number of fused-ring (bicyclic) bond motifs is 2. The number of hydrogen-bond acceptors (Lipinski definition) is 3. The van der Waals surface area contributed by atoms with Crippen molar-refractivity contribution in [3.8, 4) is 0 Å². The summed E-state index contributed by atoms with van der Waals surface area (Å²) in [7, 11) is 1.54. The molecule has 1 unspecified atom stereocenters. The highest BCUT2D eigenvalue weighted by Gasteiger charge is 2.42. The van der Waals surface area contributed by atoms with Crippen LogP contribution in [-0.4, -0.2) is 48.3 Å². The predicted molar refractivity (Wildman–Crippen MR) is 64.5 cm³/mol. The Kier molecular flexibility index (Phi) is 4.05. The van der Waals surface area contributed by atoms with Gasteiger partial charge in [0.15, 0.2) is 0 Å². The van der Waals surface area contributed by atoms with Gasteiger partial charge >= 0.3 is 0 Å². The molecule has 2 aliphatic rings. The predicted octanol–water partition coefficient (Wildman–Crippen LogP) is 1.03. The molecule has 4 atom stereocenters. The molecule has 0 aromatic carbocycles. The van der Waals surface area contributed by atoms with E-state index >= 15 is 0 Å². The zero-order valence-electron chi connectivity index (χ0n) is 10.8. The highest BCUT2D eigenvalue weighted by atomic mass is 16.5. The molecule has 0 radical (unpaired) electrons. The number of piperidine rings is 1. The van der Waals surface area contributed by atoms with Gasteiger partial charge in [0.05, 0.1) is 12.1 Å². The summed E-state index contributed by atoms with van der Waals surface area (Å²) >= 11 is 0. The molecule has 17 heavy (non-hydrogen) atoms. The average Bonchev–Trinajstić information content (AvgIpc) is 2.28. The van der Waals surface area contributed by atoms with Crippen LogP contribution in [0.15, 0.2) is 0 Å². The van der Waals surface area contributed by atoms with Crippen molar-refractivity contribution in [3.63, 3.8) is 0 Å². The van der Waals surface area contributed by atoms with Gasteiger partial charge in [0, 0.05) is 13.7 Å². The van der Waals surface area contributed by atoms with E-state index in [9.17, 15) is 9.90 Å². The summed E-state index contributed by atoms with van der Waals surface area (Å²) in [6.07, 6.45) is 4.33. The number of nitrogens with zero attached hydrogens (tertiary/aromatic N) is 1. The van der Waals surface area contributed by atoms with E-state index in [1.165, 1.54) is 19.3 Å². The minimum Gasteiger partial charge on any atom is -0.391 e. The Morgan fingerprint density at radius 2 is 2.29 bits per heavy atom. The number of aliphatic hydroxyl groups excluding tert-OH is 1. The van der Waals surface area contributed by atoms with Crippen LogP contribution >= 0.6 is 0 Å². The Hall–Kier alpha value is -0.610. The van der Waals surface area contributed by atoms with Crippen LogP contribution in [0.1, 0.15) is 32.6 Å². The number of likely N-dealkylation sites (tertiary alicyclic amines) is 1. The standard InChI is InChI=1S/C13H23NO3/c1-9(15)13-11-5-3-4-10(6-11)7-14(13)12(16)8-17-2/h9-11,13,15H,3-8H2,1-2H3/t9-,10-,11+,13?/m0/s1. The van der Waals surface area contributed by atoms with Crippen molar-refractivity contribution >= 4 is 5.91 Å². The SMILES string of the molecule is COCC(=O)N1C[C@H]2CCC[C@H](C2)C1[C@H](C)O. The normalized spacial score (nSPS) is 34.5. The Bertz CT molecular complexity index is 280. The second-order valence-corrected chi connectivity index (χ2v) is 5.50. The molecule has 1 saturated heterocycles.